The van der Waals surface area contributed by atoms with Crippen molar-refractivity contribution in [2.75, 3.05) is 18.0 Å². The molecule has 1 heterocycles. The second-order valence-electron chi connectivity index (χ2n) is 6.44. The molecule has 0 saturated carbocycles. The van der Waals surface area contributed by atoms with E-state index in [0.717, 1.165) is 11.4 Å². The fourth-order valence-electron chi connectivity index (χ4n) is 2.88. The van der Waals surface area contributed by atoms with Gasteiger partial charge in [0.05, 0.1) is 17.9 Å². The van der Waals surface area contributed by atoms with Crippen molar-refractivity contribution >= 4 is 35.0 Å². The Bertz CT molecular complexity index is 762. The van der Waals surface area contributed by atoms with Gasteiger partial charge in [0.2, 0.25) is 11.8 Å². The fourth-order valence-corrected chi connectivity index (χ4v) is 3.97. The molecule has 3 rings (SSSR count). The van der Waals surface area contributed by atoms with Crippen LogP contribution in [0.4, 0.5) is 11.4 Å². The first-order valence-electron chi connectivity index (χ1n) is 8.74. The van der Waals surface area contributed by atoms with E-state index in [0.29, 0.717) is 13.0 Å². The molecule has 0 spiro atoms. The van der Waals surface area contributed by atoms with Gasteiger partial charge in [0.15, 0.2) is 0 Å². The molecule has 0 aromatic heterocycles. The number of benzene rings is 2. The quantitative estimate of drug-likeness (QED) is 0.820. The van der Waals surface area contributed by atoms with E-state index in [2.05, 4.69) is 39.8 Å². The molecule has 2 aromatic carbocycles. The number of carbonyl (C=O) groups excluding carboxylic acids is 2. The van der Waals surface area contributed by atoms with E-state index in [9.17, 15) is 9.59 Å². The van der Waals surface area contributed by atoms with Crippen molar-refractivity contribution in [1.82, 2.24) is 10.6 Å². The van der Waals surface area contributed by atoms with E-state index in [1.807, 2.05) is 38.1 Å². The number of nitrogens with one attached hydrogen (secondary N) is 2. The van der Waals surface area contributed by atoms with Gasteiger partial charge in [-0.25, -0.2) is 0 Å². The Labute approximate surface area is 158 Å². The molecule has 0 unspecified atom stereocenters. The molecule has 2 N–H and O–H groups in total. The predicted octanol–water partition coefficient (Wildman–Crippen LogP) is 3.32. The SMILES string of the molecule is CC(C)NC(=O)CNC(=O)CCN1c2ccccc2Sc2ccccc21. The van der Waals surface area contributed by atoms with Gasteiger partial charge in [0.1, 0.15) is 0 Å². The minimum absolute atomic E-state index is 0.0139. The van der Waals surface area contributed by atoms with Gasteiger partial charge in [-0.05, 0) is 38.1 Å². The number of carbonyl (C=O) groups is 2. The zero-order chi connectivity index (χ0) is 18.5. The van der Waals surface area contributed by atoms with Gasteiger partial charge in [-0.15, -0.1) is 0 Å². The van der Waals surface area contributed by atoms with Gasteiger partial charge in [0, 0.05) is 28.8 Å². The fraction of sp³-hybridized carbons (Fsp3) is 0.300. The van der Waals surface area contributed by atoms with Crippen LogP contribution in [-0.4, -0.2) is 30.9 Å². The molecular formula is C20H23N3O2S. The Morgan fingerprint density at radius 3 is 2.12 bits per heavy atom. The summed E-state index contributed by atoms with van der Waals surface area (Å²) in [7, 11) is 0. The van der Waals surface area contributed by atoms with Gasteiger partial charge in [-0.3, -0.25) is 9.59 Å². The largest absolute Gasteiger partial charge is 0.352 e. The molecule has 0 aliphatic carbocycles. The first-order chi connectivity index (χ1) is 12.5. The lowest BCUT2D eigenvalue weighted by Gasteiger charge is -2.32. The molecule has 1 aliphatic rings. The number of hydrogen-bond acceptors (Lipinski definition) is 4. The summed E-state index contributed by atoms with van der Waals surface area (Å²) in [5, 5.41) is 5.46. The summed E-state index contributed by atoms with van der Waals surface area (Å²) in [4.78, 5) is 28.4. The molecule has 2 aromatic rings. The molecular weight excluding hydrogens is 346 g/mol. The highest BCUT2D eigenvalue weighted by molar-refractivity contribution is 7.99. The molecule has 1 aliphatic heterocycles. The van der Waals surface area contributed by atoms with Crippen LogP contribution < -0.4 is 15.5 Å². The summed E-state index contributed by atoms with van der Waals surface area (Å²) in [6.07, 6.45) is 0.322. The number of para-hydroxylation sites is 2. The zero-order valence-electron chi connectivity index (χ0n) is 15.0. The lowest BCUT2D eigenvalue weighted by molar-refractivity contribution is -0.126. The van der Waals surface area contributed by atoms with Crippen molar-refractivity contribution in [1.29, 1.82) is 0 Å². The van der Waals surface area contributed by atoms with E-state index >= 15 is 0 Å². The average molecular weight is 369 g/mol. The Balaban J connectivity index is 1.65. The number of hydrogen-bond donors (Lipinski definition) is 2. The van der Waals surface area contributed by atoms with E-state index in [-0.39, 0.29) is 24.4 Å². The number of nitrogens with zero attached hydrogens (tertiary/aromatic N) is 1. The maximum Gasteiger partial charge on any atom is 0.239 e. The van der Waals surface area contributed by atoms with Crippen LogP contribution in [0.1, 0.15) is 20.3 Å². The third-order valence-corrected chi connectivity index (χ3v) is 5.12. The van der Waals surface area contributed by atoms with Crippen LogP contribution in [0.15, 0.2) is 58.3 Å². The van der Waals surface area contributed by atoms with Crippen LogP contribution >= 0.6 is 11.8 Å². The van der Waals surface area contributed by atoms with Crippen LogP contribution in [0.5, 0.6) is 0 Å². The summed E-state index contributed by atoms with van der Waals surface area (Å²) < 4.78 is 0. The van der Waals surface area contributed by atoms with Gasteiger partial charge in [-0.1, -0.05) is 36.0 Å². The van der Waals surface area contributed by atoms with Gasteiger partial charge in [0.25, 0.3) is 0 Å². The zero-order valence-corrected chi connectivity index (χ0v) is 15.8. The summed E-state index contributed by atoms with van der Waals surface area (Å²) in [5.74, 6) is -0.296. The summed E-state index contributed by atoms with van der Waals surface area (Å²) in [6.45, 7) is 4.36. The second-order valence-corrected chi connectivity index (χ2v) is 7.52. The molecule has 0 bridgehead atoms. The predicted molar refractivity (Wildman–Crippen MR) is 105 cm³/mol. The maximum atomic E-state index is 12.2. The standard InChI is InChI=1S/C20H23N3O2S/c1-14(2)22-20(25)13-21-19(24)11-12-23-15-7-3-5-9-17(15)26-18-10-6-4-8-16(18)23/h3-10,14H,11-13H2,1-2H3,(H,21,24)(H,22,25). The smallest absolute Gasteiger partial charge is 0.239 e. The van der Waals surface area contributed by atoms with Crippen LogP contribution in [0, 0.1) is 0 Å². The lowest BCUT2D eigenvalue weighted by Crippen LogP contribution is -2.40. The van der Waals surface area contributed by atoms with E-state index in [1.165, 1.54) is 9.79 Å². The monoisotopic (exact) mass is 369 g/mol. The van der Waals surface area contributed by atoms with Crippen molar-refractivity contribution in [3.63, 3.8) is 0 Å². The van der Waals surface area contributed by atoms with Gasteiger partial charge >= 0.3 is 0 Å². The molecule has 0 atom stereocenters. The third-order valence-electron chi connectivity index (χ3n) is 3.99. The van der Waals surface area contributed by atoms with E-state index < -0.39 is 0 Å². The molecule has 0 saturated heterocycles. The minimum atomic E-state index is -0.168. The molecule has 5 nitrogen and oxygen atoms in total. The van der Waals surface area contributed by atoms with Crippen molar-refractivity contribution in [3.8, 4) is 0 Å². The number of amides is 2. The summed E-state index contributed by atoms with van der Waals surface area (Å²) in [6, 6.07) is 16.5. The van der Waals surface area contributed by atoms with E-state index in [4.69, 9.17) is 0 Å². The van der Waals surface area contributed by atoms with Crippen LogP contribution in [-0.2, 0) is 9.59 Å². The van der Waals surface area contributed by atoms with Crippen LogP contribution in [0.25, 0.3) is 0 Å². The van der Waals surface area contributed by atoms with Gasteiger partial charge in [-0.2, -0.15) is 0 Å². The number of rotatable bonds is 6. The molecule has 26 heavy (non-hydrogen) atoms. The Morgan fingerprint density at radius 1 is 0.962 bits per heavy atom. The Hall–Kier alpha value is -2.47. The normalized spacial score (nSPS) is 12.3. The lowest BCUT2D eigenvalue weighted by atomic mass is 10.2. The van der Waals surface area contributed by atoms with Crippen LogP contribution in [0.3, 0.4) is 0 Å². The molecule has 136 valence electrons. The number of fused-ring (bicyclic) bond motifs is 2. The average Bonchev–Trinajstić information content (AvgIpc) is 2.63. The minimum Gasteiger partial charge on any atom is -0.352 e. The van der Waals surface area contributed by atoms with E-state index in [1.54, 1.807) is 11.8 Å². The highest BCUT2D eigenvalue weighted by Crippen LogP contribution is 2.47. The highest BCUT2D eigenvalue weighted by atomic mass is 32.2. The molecule has 0 fully saturated rings. The van der Waals surface area contributed by atoms with Crippen molar-refractivity contribution < 1.29 is 9.59 Å². The molecule has 2 amide bonds. The van der Waals surface area contributed by atoms with Crippen molar-refractivity contribution in [3.05, 3.63) is 48.5 Å². The van der Waals surface area contributed by atoms with Crippen molar-refractivity contribution in [2.24, 2.45) is 0 Å². The Morgan fingerprint density at radius 2 is 1.54 bits per heavy atom. The molecule has 6 heteroatoms. The number of anilines is 2. The maximum absolute atomic E-state index is 12.2. The first-order valence-corrected chi connectivity index (χ1v) is 9.56. The summed E-state index contributed by atoms with van der Waals surface area (Å²) >= 11 is 1.75. The van der Waals surface area contributed by atoms with Gasteiger partial charge < -0.3 is 15.5 Å². The summed E-state index contributed by atoms with van der Waals surface area (Å²) in [5.41, 5.74) is 2.23. The van der Waals surface area contributed by atoms with Crippen molar-refractivity contribution in [2.45, 2.75) is 36.1 Å². The second kappa shape index (κ2) is 8.27. The topological polar surface area (TPSA) is 61.4 Å². The Kier molecular flexibility index (Phi) is 5.83. The highest BCUT2D eigenvalue weighted by Gasteiger charge is 2.23. The third kappa shape index (κ3) is 4.38. The first kappa shape index (κ1) is 18.3. The van der Waals surface area contributed by atoms with Crippen LogP contribution in [0.2, 0.25) is 0 Å². The molecule has 0 radical (unpaired) electrons.